The van der Waals surface area contributed by atoms with Gasteiger partial charge < -0.3 is 4.90 Å². The van der Waals surface area contributed by atoms with Crippen molar-refractivity contribution in [3.8, 4) is 0 Å². The molecule has 0 saturated carbocycles. The fraction of sp³-hybridized carbons (Fsp3) is 0.300. The molecule has 76 valence electrons. The number of halogens is 1. The van der Waals surface area contributed by atoms with Gasteiger partial charge in [-0.25, -0.2) is 0 Å². The summed E-state index contributed by atoms with van der Waals surface area (Å²) in [6, 6.07) is 8.00. The van der Waals surface area contributed by atoms with Crippen LogP contribution in [0.4, 0.5) is 4.79 Å². The van der Waals surface area contributed by atoms with Crippen LogP contribution in [-0.4, -0.2) is 23.7 Å². The molecule has 0 spiro atoms. The highest BCUT2D eigenvalue weighted by atomic mass is 79.9. The van der Waals surface area contributed by atoms with Gasteiger partial charge in [0.25, 0.3) is 5.24 Å². The molecule has 0 N–H and O–H groups in total. The lowest BCUT2D eigenvalue weighted by Crippen LogP contribution is -2.23. The molecule has 0 saturated heterocycles. The van der Waals surface area contributed by atoms with E-state index in [2.05, 4.69) is 28.6 Å². The van der Waals surface area contributed by atoms with Crippen LogP contribution in [0, 0.1) is 0 Å². The van der Waals surface area contributed by atoms with Gasteiger partial charge in [-0.1, -0.05) is 46.8 Å². The van der Waals surface area contributed by atoms with Crippen molar-refractivity contribution in [1.29, 1.82) is 0 Å². The Bertz CT molecular complexity index is 330. The van der Waals surface area contributed by atoms with Crippen molar-refractivity contribution in [2.75, 3.05) is 13.6 Å². The molecule has 0 aliphatic carbocycles. The molecule has 1 amide bonds. The fourth-order valence-corrected chi connectivity index (χ4v) is 1.67. The molecule has 0 bridgehead atoms. The third-order valence-corrected chi connectivity index (χ3v) is 3.12. The van der Waals surface area contributed by atoms with Gasteiger partial charge in [-0.3, -0.25) is 4.79 Å². The van der Waals surface area contributed by atoms with E-state index in [1.54, 1.807) is 11.9 Å². The van der Waals surface area contributed by atoms with Gasteiger partial charge in [0.2, 0.25) is 0 Å². The molecule has 0 aliphatic rings. The number of thiol groups is 1. The summed E-state index contributed by atoms with van der Waals surface area (Å²) in [7, 11) is 1.74. The highest BCUT2D eigenvalue weighted by Crippen LogP contribution is 2.16. The summed E-state index contributed by atoms with van der Waals surface area (Å²) in [5.41, 5.74) is 1.20. The van der Waals surface area contributed by atoms with Crippen molar-refractivity contribution < 1.29 is 4.79 Å². The molecule has 0 unspecified atom stereocenters. The van der Waals surface area contributed by atoms with Crippen molar-refractivity contribution >= 4 is 33.8 Å². The predicted octanol–water partition coefficient (Wildman–Crippen LogP) is 2.97. The van der Waals surface area contributed by atoms with Crippen LogP contribution >= 0.6 is 28.6 Å². The number of nitrogens with zero attached hydrogens (tertiary/aromatic N) is 1. The molecule has 1 rings (SSSR count). The topological polar surface area (TPSA) is 20.3 Å². The first-order chi connectivity index (χ1) is 6.61. The van der Waals surface area contributed by atoms with E-state index in [-0.39, 0.29) is 5.24 Å². The number of rotatable bonds is 3. The highest BCUT2D eigenvalue weighted by molar-refractivity contribution is 9.10. The Morgan fingerprint density at radius 1 is 1.50 bits per heavy atom. The first-order valence-corrected chi connectivity index (χ1v) is 5.52. The standard InChI is InChI=1S/C10H12BrNOS/c1-12(10(13)14)7-6-8-4-2-3-5-9(8)11/h2-5H,6-7H2,1H3,(H,13,14). The number of amides is 1. The van der Waals surface area contributed by atoms with Crippen molar-refractivity contribution in [2.45, 2.75) is 6.42 Å². The predicted molar refractivity (Wildman–Crippen MR) is 64.9 cm³/mol. The number of benzene rings is 1. The smallest absolute Gasteiger partial charge is 0.278 e. The van der Waals surface area contributed by atoms with E-state index >= 15 is 0 Å². The first-order valence-electron chi connectivity index (χ1n) is 4.28. The van der Waals surface area contributed by atoms with Crippen LogP contribution in [0.25, 0.3) is 0 Å². The van der Waals surface area contributed by atoms with E-state index in [1.807, 2.05) is 24.3 Å². The number of hydrogen-bond donors (Lipinski definition) is 1. The van der Waals surface area contributed by atoms with Crippen molar-refractivity contribution in [3.05, 3.63) is 34.3 Å². The molecule has 4 heteroatoms. The summed E-state index contributed by atoms with van der Waals surface area (Å²) >= 11 is 7.20. The molecular weight excluding hydrogens is 262 g/mol. The van der Waals surface area contributed by atoms with E-state index in [0.29, 0.717) is 6.54 Å². The third kappa shape index (κ3) is 3.35. The zero-order chi connectivity index (χ0) is 10.6. The van der Waals surface area contributed by atoms with Crippen molar-refractivity contribution in [2.24, 2.45) is 0 Å². The van der Waals surface area contributed by atoms with Crippen LogP contribution in [0.5, 0.6) is 0 Å². The van der Waals surface area contributed by atoms with Gasteiger partial charge in [-0.05, 0) is 18.1 Å². The minimum absolute atomic E-state index is 0.197. The van der Waals surface area contributed by atoms with Crippen LogP contribution in [0.15, 0.2) is 28.7 Å². The number of hydrogen-bond acceptors (Lipinski definition) is 1. The van der Waals surface area contributed by atoms with E-state index in [9.17, 15) is 4.79 Å². The Kier molecular flexibility index (Phi) is 4.48. The normalized spacial score (nSPS) is 9.93. The molecule has 1 aromatic carbocycles. The lowest BCUT2D eigenvalue weighted by molar-refractivity contribution is 0.234. The number of carbonyl (C=O) groups excluding carboxylic acids is 1. The molecule has 0 fully saturated rings. The zero-order valence-corrected chi connectivity index (χ0v) is 10.4. The first kappa shape index (κ1) is 11.6. The summed E-state index contributed by atoms with van der Waals surface area (Å²) in [5, 5.41) is -0.197. The maximum Gasteiger partial charge on any atom is 0.278 e. The molecule has 2 nitrogen and oxygen atoms in total. The van der Waals surface area contributed by atoms with E-state index in [4.69, 9.17) is 0 Å². The monoisotopic (exact) mass is 273 g/mol. The molecule has 0 atom stereocenters. The van der Waals surface area contributed by atoms with Crippen LogP contribution < -0.4 is 0 Å². The van der Waals surface area contributed by atoms with Gasteiger partial charge in [0.15, 0.2) is 0 Å². The van der Waals surface area contributed by atoms with Crippen LogP contribution in [0.2, 0.25) is 0 Å². The molecule has 0 aromatic heterocycles. The van der Waals surface area contributed by atoms with E-state index in [1.165, 1.54) is 5.56 Å². The molecule has 0 heterocycles. The molecule has 1 aromatic rings. The van der Waals surface area contributed by atoms with Crippen molar-refractivity contribution in [3.63, 3.8) is 0 Å². The largest absolute Gasteiger partial charge is 0.337 e. The Hall–Kier alpha value is -0.480. The lowest BCUT2D eigenvalue weighted by Gasteiger charge is -2.14. The Morgan fingerprint density at radius 2 is 2.14 bits per heavy atom. The van der Waals surface area contributed by atoms with Crippen LogP contribution in [0.1, 0.15) is 5.56 Å². The minimum atomic E-state index is -0.197. The Labute approximate surface area is 97.8 Å². The van der Waals surface area contributed by atoms with Crippen LogP contribution in [-0.2, 0) is 6.42 Å². The van der Waals surface area contributed by atoms with Gasteiger partial charge in [-0.15, -0.1) is 0 Å². The maximum absolute atomic E-state index is 10.8. The summed E-state index contributed by atoms with van der Waals surface area (Å²) in [4.78, 5) is 12.4. The summed E-state index contributed by atoms with van der Waals surface area (Å²) < 4.78 is 1.08. The second kappa shape index (κ2) is 5.41. The van der Waals surface area contributed by atoms with Gasteiger partial charge in [0, 0.05) is 18.1 Å². The van der Waals surface area contributed by atoms with Crippen LogP contribution in [0.3, 0.4) is 0 Å². The number of carbonyl (C=O) groups is 1. The minimum Gasteiger partial charge on any atom is -0.337 e. The average molecular weight is 274 g/mol. The Balaban J connectivity index is 2.54. The van der Waals surface area contributed by atoms with E-state index in [0.717, 1.165) is 10.9 Å². The van der Waals surface area contributed by atoms with Crippen molar-refractivity contribution in [1.82, 2.24) is 4.90 Å². The zero-order valence-electron chi connectivity index (χ0n) is 7.90. The lowest BCUT2D eigenvalue weighted by atomic mass is 10.1. The van der Waals surface area contributed by atoms with Gasteiger partial charge >= 0.3 is 0 Å². The second-order valence-corrected chi connectivity index (χ2v) is 4.28. The van der Waals surface area contributed by atoms with Gasteiger partial charge in [0.05, 0.1) is 0 Å². The quantitative estimate of drug-likeness (QED) is 0.840. The molecule has 0 radical (unpaired) electrons. The molecule has 0 aliphatic heterocycles. The van der Waals surface area contributed by atoms with Gasteiger partial charge in [0.1, 0.15) is 0 Å². The second-order valence-electron chi connectivity index (χ2n) is 3.05. The summed E-state index contributed by atoms with van der Waals surface area (Å²) in [6.07, 6.45) is 0.838. The third-order valence-electron chi connectivity index (χ3n) is 2.00. The average Bonchev–Trinajstić information content (AvgIpc) is 2.16. The number of likely N-dealkylation sites (N-methyl/N-ethyl adjacent to an activating group) is 1. The maximum atomic E-state index is 10.8. The Morgan fingerprint density at radius 3 is 2.71 bits per heavy atom. The highest BCUT2D eigenvalue weighted by Gasteiger charge is 2.04. The summed E-state index contributed by atoms with van der Waals surface area (Å²) in [6.45, 7) is 0.685. The molecular formula is C10H12BrNOS. The summed E-state index contributed by atoms with van der Waals surface area (Å²) in [5.74, 6) is 0. The molecule has 14 heavy (non-hydrogen) atoms. The SMILES string of the molecule is CN(CCc1ccccc1Br)C(=O)S. The van der Waals surface area contributed by atoms with E-state index < -0.39 is 0 Å². The van der Waals surface area contributed by atoms with Gasteiger partial charge in [-0.2, -0.15) is 0 Å². The fourth-order valence-electron chi connectivity index (χ4n) is 1.08.